The van der Waals surface area contributed by atoms with Crippen molar-refractivity contribution in [1.29, 1.82) is 0 Å². The van der Waals surface area contributed by atoms with Crippen LogP contribution in [0.3, 0.4) is 0 Å². The maximum Gasteiger partial charge on any atom is 0.338 e. The topological polar surface area (TPSA) is 110 Å². The van der Waals surface area contributed by atoms with Crippen LogP contribution < -0.4 is 10.2 Å². The van der Waals surface area contributed by atoms with Crippen LogP contribution in [0.25, 0.3) is 0 Å². The van der Waals surface area contributed by atoms with Gasteiger partial charge in [-0.1, -0.05) is 18.9 Å². The summed E-state index contributed by atoms with van der Waals surface area (Å²) in [4.78, 5) is 62.7. The molecular weight excluding hydrogens is 424 g/mol. The van der Waals surface area contributed by atoms with Gasteiger partial charge in [0.05, 0.1) is 23.1 Å². The number of fused-ring (bicyclic) bond motifs is 1. The molecule has 1 N–H and O–H groups in total. The molecule has 0 bridgehead atoms. The van der Waals surface area contributed by atoms with Gasteiger partial charge in [0.25, 0.3) is 5.91 Å². The van der Waals surface area contributed by atoms with Gasteiger partial charge in [0, 0.05) is 11.3 Å². The third-order valence-electron chi connectivity index (χ3n) is 6.09. The molecule has 33 heavy (non-hydrogen) atoms. The van der Waals surface area contributed by atoms with Crippen molar-refractivity contribution >= 4 is 40.8 Å². The van der Waals surface area contributed by atoms with Gasteiger partial charge in [-0.2, -0.15) is 0 Å². The van der Waals surface area contributed by atoms with Crippen molar-refractivity contribution in [3.05, 3.63) is 59.7 Å². The number of benzene rings is 2. The monoisotopic (exact) mass is 448 g/mol. The Morgan fingerprint density at radius 3 is 2.18 bits per heavy atom. The number of ketones is 1. The molecule has 0 radical (unpaired) electrons. The Kier molecular flexibility index (Phi) is 6.35. The Hall–Kier alpha value is -3.81. The average Bonchev–Trinajstić information content (AvgIpc) is 3.08. The number of ether oxygens (including phenoxy) is 1. The fourth-order valence-corrected chi connectivity index (χ4v) is 4.39. The first kappa shape index (κ1) is 22.4. The number of carbonyl (C=O) groups is 5. The summed E-state index contributed by atoms with van der Waals surface area (Å²) in [5.74, 6) is -2.36. The van der Waals surface area contributed by atoms with E-state index >= 15 is 0 Å². The van der Waals surface area contributed by atoms with Crippen LogP contribution in [-0.2, 0) is 19.1 Å². The van der Waals surface area contributed by atoms with Crippen molar-refractivity contribution < 1.29 is 28.7 Å². The summed E-state index contributed by atoms with van der Waals surface area (Å²) < 4.78 is 5.10. The van der Waals surface area contributed by atoms with Crippen LogP contribution in [-0.4, -0.2) is 36.1 Å². The maximum atomic E-state index is 12.8. The summed E-state index contributed by atoms with van der Waals surface area (Å²) in [5, 5.41) is 2.59. The van der Waals surface area contributed by atoms with Crippen LogP contribution in [0.15, 0.2) is 48.5 Å². The fourth-order valence-electron chi connectivity index (χ4n) is 4.39. The van der Waals surface area contributed by atoms with E-state index in [9.17, 15) is 24.0 Å². The van der Waals surface area contributed by atoms with Crippen molar-refractivity contribution in [3.8, 4) is 0 Å². The molecule has 170 valence electrons. The Morgan fingerprint density at radius 2 is 1.58 bits per heavy atom. The molecule has 2 atom stereocenters. The van der Waals surface area contributed by atoms with Gasteiger partial charge in [0.15, 0.2) is 12.4 Å². The number of hydrogen-bond acceptors (Lipinski definition) is 6. The number of nitrogens with one attached hydrogen (secondary N) is 1. The zero-order valence-electron chi connectivity index (χ0n) is 18.2. The Labute approximate surface area is 190 Å². The van der Waals surface area contributed by atoms with Gasteiger partial charge in [-0.25, -0.2) is 4.79 Å². The average molecular weight is 448 g/mol. The molecule has 1 saturated carbocycles. The highest BCUT2D eigenvalue weighted by Gasteiger charge is 2.48. The quantitative estimate of drug-likeness (QED) is 0.412. The van der Waals surface area contributed by atoms with Crippen molar-refractivity contribution in [2.24, 2.45) is 11.8 Å². The second kappa shape index (κ2) is 9.36. The molecule has 0 spiro atoms. The van der Waals surface area contributed by atoms with Crippen molar-refractivity contribution in [3.63, 3.8) is 0 Å². The number of hydrogen-bond donors (Lipinski definition) is 1. The zero-order chi connectivity index (χ0) is 23.5. The van der Waals surface area contributed by atoms with E-state index in [0.29, 0.717) is 29.8 Å². The molecule has 1 aliphatic carbocycles. The molecule has 1 heterocycles. The maximum absolute atomic E-state index is 12.8. The Morgan fingerprint density at radius 1 is 0.939 bits per heavy atom. The predicted molar refractivity (Wildman–Crippen MR) is 120 cm³/mol. The first-order valence-electron chi connectivity index (χ1n) is 10.9. The van der Waals surface area contributed by atoms with Crippen LogP contribution in [0.4, 0.5) is 11.4 Å². The molecule has 1 aliphatic heterocycles. The first-order valence-corrected chi connectivity index (χ1v) is 10.9. The van der Waals surface area contributed by atoms with E-state index in [4.69, 9.17) is 4.74 Å². The van der Waals surface area contributed by atoms with Crippen LogP contribution in [0.1, 0.15) is 53.3 Å². The highest BCUT2D eigenvalue weighted by atomic mass is 16.5. The second-order valence-corrected chi connectivity index (χ2v) is 8.32. The zero-order valence-corrected chi connectivity index (χ0v) is 18.2. The third-order valence-corrected chi connectivity index (χ3v) is 6.09. The van der Waals surface area contributed by atoms with Crippen LogP contribution in [0, 0.1) is 11.8 Å². The van der Waals surface area contributed by atoms with E-state index in [1.54, 1.807) is 36.4 Å². The van der Waals surface area contributed by atoms with Crippen LogP contribution in [0.2, 0.25) is 0 Å². The molecule has 3 amide bonds. The lowest BCUT2D eigenvalue weighted by molar-refractivity contribution is -0.122. The number of Topliss-reactive ketones (excluding diaryl/α,β-unsaturated/α-hetero) is 1. The first-order chi connectivity index (χ1) is 15.8. The smallest absolute Gasteiger partial charge is 0.338 e. The van der Waals surface area contributed by atoms with Gasteiger partial charge in [0.2, 0.25) is 11.8 Å². The SMILES string of the molecule is CC(=O)c1ccc(NC(=O)COC(=O)c2cccc(N3C(=O)[C@H]4CCCC[C@H]4C3=O)c2)cc1. The van der Waals surface area contributed by atoms with Crippen molar-refractivity contribution in [2.75, 3.05) is 16.8 Å². The van der Waals surface area contributed by atoms with Crippen molar-refractivity contribution in [1.82, 2.24) is 0 Å². The number of rotatable bonds is 6. The molecule has 8 nitrogen and oxygen atoms in total. The Bertz CT molecular complexity index is 1100. The lowest BCUT2D eigenvalue weighted by Crippen LogP contribution is -2.31. The normalized spacial score (nSPS) is 19.7. The number of imide groups is 1. The standard InChI is InChI=1S/C25H24N2O6/c1-15(28)16-9-11-18(12-10-16)26-22(29)14-33-25(32)17-5-4-6-19(13-17)27-23(30)20-7-2-3-8-21(20)24(27)31/h4-6,9-13,20-21H,2-3,7-8,14H2,1H3,(H,26,29)/t20-,21+. The van der Waals surface area contributed by atoms with Gasteiger partial charge in [-0.05, 0) is 62.2 Å². The molecule has 0 aromatic heterocycles. The molecule has 8 heteroatoms. The minimum Gasteiger partial charge on any atom is -0.452 e. The summed E-state index contributed by atoms with van der Waals surface area (Å²) >= 11 is 0. The van der Waals surface area contributed by atoms with Crippen LogP contribution in [0.5, 0.6) is 0 Å². The molecule has 4 rings (SSSR count). The number of carbonyl (C=O) groups excluding carboxylic acids is 5. The van der Waals surface area contributed by atoms with Gasteiger partial charge < -0.3 is 10.1 Å². The highest BCUT2D eigenvalue weighted by molar-refractivity contribution is 6.22. The van der Waals surface area contributed by atoms with Crippen LogP contribution >= 0.6 is 0 Å². The van der Waals surface area contributed by atoms with E-state index in [2.05, 4.69) is 5.32 Å². The summed E-state index contributed by atoms with van der Waals surface area (Å²) in [6.07, 6.45) is 3.28. The summed E-state index contributed by atoms with van der Waals surface area (Å²) in [7, 11) is 0. The minimum atomic E-state index is -0.740. The lowest BCUT2D eigenvalue weighted by atomic mass is 9.81. The Balaban J connectivity index is 1.38. The fraction of sp³-hybridized carbons (Fsp3) is 0.320. The molecule has 2 fully saturated rings. The van der Waals surface area contributed by atoms with Gasteiger partial charge in [0.1, 0.15) is 0 Å². The van der Waals surface area contributed by atoms with E-state index in [0.717, 1.165) is 12.8 Å². The molecule has 2 aromatic carbocycles. The third kappa shape index (κ3) is 4.69. The molecular formula is C25H24N2O6. The summed E-state index contributed by atoms with van der Waals surface area (Å²) in [5.41, 5.74) is 1.47. The lowest BCUT2D eigenvalue weighted by Gasteiger charge is -2.19. The molecule has 2 aromatic rings. The number of amides is 3. The predicted octanol–water partition coefficient (Wildman–Crippen LogP) is 3.36. The molecule has 2 aliphatic rings. The van der Waals surface area contributed by atoms with E-state index < -0.39 is 18.5 Å². The van der Waals surface area contributed by atoms with Gasteiger partial charge in [-0.3, -0.25) is 24.1 Å². The molecule has 0 unspecified atom stereocenters. The summed E-state index contributed by atoms with van der Waals surface area (Å²) in [6, 6.07) is 12.5. The second-order valence-electron chi connectivity index (χ2n) is 8.32. The van der Waals surface area contributed by atoms with E-state index in [1.807, 2.05) is 0 Å². The number of anilines is 2. The molecule has 1 saturated heterocycles. The highest BCUT2D eigenvalue weighted by Crippen LogP contribution is 2.40. The number of esters is 1. The van der Waals surface area contributed by atoms with Crippen molar-refractivity contribution in [2.45, 2.75) is 32.6 Å². The minimum absolute atomic E-state index is 0.0832. The largest absolute Gasteiger partial charge is 0.452 e. The number of nitrogens with zero attached hydrogens (tertiary/aromatic N) is 1. The van der Waals surface area contributed by atoms with Gasteiger partial charge in [-0.15, -0.1) is 0 Å². The summed E-state index contributed by atoms with van der Waals surface area (Å²) in [6.45, 7) is 0.938. The van der Waals surface area contributed by atoms with Gasteiger partial charge >= 0.3 is 5.97 Å². The van der Waals surface area contributed by atoms with E-state index in [1.165, 1.54) is 24.0 Å². The van der Waals surface area contributed by atoms with E-state index in [-0.39, 0.29) is 35.0 Å².